The van der Waals surface area contributed by atoms with E-state index in [0.29, 0.717) is 17.1 Å². The SMILES string of the molecule is C/C(=N/NC(=S)N[C@H]1CCCC[C@H]1C)c1ccccn1. The largest absolute Gasteiger partial charge is 0.358 e. The molecule has 0 saturated heterocycles. The van der Waals surface area contributed by atoms with E-state index in [2.05, 4.69) is 27.8 Å². The number of pyridine rings is 1. The van der Waals surface area contributed by atoms with Crippen molar-refractivity contribution < 1.29 is 0 Å². The average Bonchev–Trinajstić information content (AvgIpc) is 2.48. The summed E-state index contributed by atoms with van der Waals surface area (Å²) in [5.74, 6) is 0.671. The molecule has 0 bridgehead atoms. The zero-order chi connectivity index (χ0) is 14.4. The van der Waals surface area contributed by atoms with Gasteiger partial charge in [0.1, 0.15) is 0 Å². The highest BCUT2D eigenvalue weighted by atomic mass is 32.1. The van der Waals surface area contributed by atoms with E-state index < -0.39 is 0 Å². The number of hydrazone groups is 1. The molecular formula is C15H22N4S. The topological polar surface area (TPSA) is 49.3 Å². The van der Waals surface area contributed by atoms with Gasteiger partial charge in [0.2, 0.25) is 0 Å². The summed E-state index contributed by atoms with van der Waals surface area (Å²) in [6, 6.07) is 6.23. The molecule has 5 heteroatoms. The Balaban J connectivity index is 1.85. The van der Waals surface area contributed by atoms with E-state index in [-0.39, 0.29) is 0 Å². The van der Waals surface area contributed by atoms with Gasteiger partial charge in [0.05, 0.1) is 11.4 Å². The predicted octanol–water partition coefficient (Wildman–Crippen LogP) is 2.85. The second-order valence-electron chi connectivity index (χ2n) is 5.37. The molecule has 2 N–H and O–H groups in total. The Morgan fingerprint density at radius 1 is 1.35 bits per heavy atom. The van der Waals surface area contributed by atoms with Crippen molar-refractivity contribution in [3.05, 3.63) is 30.1 Å². The minimum Gasteiger partial charge on any atom is -0.358 e. The van der Waals surface area contributed by atoms with Gasteiger partial charge in [-0.15, -0.1) is 0 Å². The third-order valence-electron chi connectivity index (χ3n) is 3.79. The molecule has 0 spiro atoms. The van der Waals surface area contributed by atoms with Crippen LogP contribution in [0.4, 0.5) is 0 Å². The molecule has 0 amide bonds. The summed E-state index contributed by atoms with van der Waals surface area (Å²) in [5.41, 5.74) is 4.60. The molecule has 20 heavy (non-hydrogen) atoms. The Morgan fingerprint density at radius 3 is 2.85 bits per heavy atom. The minimum absolute atomic E-state index is 0.467. The van der Waals surface area contributed by atoms with Gasteiger partial charge in [-0.25, -0.2) is 0 Å². The molecule has 1 aromatic rings. The van der Waals surface area contributed by atoms with E-state index >= 15 is 0 Å². The molecular weight excluding hydrogens is 268 g/mol. The Labute approximate surface area is 126 Å². The van der Waals surface area contributed by atoms with Gasteiger partial charge in [-0.1, -0.05) is 25.8 Å². The van der Waals surface area contributed by atoms with Crippen LogP contribution in [-0.2, 0) is 0 Å². The fourth-order valence-corrected chi connectivity index (χ4v) is 2.70. The smallest absolute Gasteiger partial charge is 0.187 e. The molecule has 0 unspecified atom stereocenters. The van der Waals surface area contributed by atoms with Crippen LogP contribution in [0.2, 0.25) is 0 Å². The van der Waals surface area contributed by atoms with Crippen molar-refractivity contribution in [2.75, 3.05) is 0 Å². The zero-order valence-corrected chi connectivity index (χ0v) is 12.9. The molecule has 4 nitrogen and oxygen atoms in total. The highest BCUT2D eigenvalue weighted by Crippen LogP contribution is 2.23. The molecule has 1 aromatic heterocycles. The second kappa shape index (κ2) is 7.33. The lowest BCUT2D eigenvalue weighted by atomic mass is 9.86. The van der Waals surface area contributed by atoms with Gasteiger partial charge in [-0.2, -0.15) is 5.10 Å². The number of hydrogen-bond acceptors (Lipinski definition) is 3. The first-order chi connectivity index (χ1) is 9.66. The van der Waals surface area contributed by atoms with Gasteiger partial charge in [0.25, 0.3) is 0 Å². The minimum atomic E-state index is 0.467. The Hall–Kier alpha value is -1.49. The summed E-state index contributed by atoms with van der Waals surface area (Å²) in [7, 11) is 0. The standard InChI is InChI=1S/C15H22N4S/c1-11-7-3-4-8-13(11)17-15(20)19-18-12(2)14-9-5-6-10-16-14/h5-6,9-11,13H,3-4,7-8H2,1-2H3,(H2,17,19,20)/b18-12-/t11-,13+/m1/s1. The lowest BCUT2D eigenvalue weighted by Gasteiger charge is -2.30. The van der Waals surface area contributed by atoms with Gasteiger partial charge in [0, 0.05) is 12.2 Å². The number of rotatable bonds is 3. The van der Waals surface area contributed by atoms with Gasteiger partial charge < -0.3 is 5.32 Å². The third kappa shape index (κ3) is 4.27. The molecule has 108 valence electrons. The van der Waals surface area contributed by atoms with E-state index in [1.807, 2.05) is 25.1 Å². The number of nitrogens with zero attached hydrogens (tertiary/aromatic N) is 2. The van der Waals surface area contributed by atoms with Crippen molar-refractivity contribution in [1.29, 1.82) is 0 Å². The maximum atomic E-state index is 5.31. The average molecular weight is 290 g/mol. The van der Waals surface area contributed by atoms with E-state index in [1.54, 1.807) is 6.20 Å². The molecule has 1 saturated carbocycles. The van der Waals surface area contributed by atoms with Crippen LogP contribution < -0.4 is 10.7 Å². The molecule has 1 fully saturated rings. The van der Waals surface area contributed by atoms with Crippen molar-refractivity contribution in [3.63, 3.8) is 0 Å². The Bertz CT molecular complexity index is 472. The fourth-order valence-electron chi connectivity index (χ4n) is 2.50. The van der Waals surface area contributed by atoms with E-state index in [1.165, 1.54) is 25.7 Å². The van der Waals surface area contributed by atoms with Crippen LogP contribution in [0.5, 0.6) is 0 Å². The van der Waals surface area contributed by atoms with Crippen LogP contribution in [0.3, 0.4) is 0 Å². The predicted molar refractivity (Wildman–Crippen MR) is 86.7 cm³/mol. The monoisotopic (exact) mass is 290 g/mol. The molecule has 1 aliphatic carbocycles. The molecule has 0 radical (unpaired) electrons. The summed E-state index contributed by atoms with van der Waals surface area (Å²) in [5, 5.41) is 8.25. The first-order valence-electron chi connectivity index (χ1n) is 7.19. The van der Waals surface area contributed by atoms with Crippen molar-refractivity contribution in [2.24, 2.45) is 11.0 Å². The van der Waals surface area contributed by atoms with E-state index in [0.717, 1.165) is 11.4 Å². The van der Waals surface area contributed by atoms with Gasteiger partial charge in [0.15, 0.2) is 5.11 Å². The summed E-state index contributed by atoms with van der Waals surface area (Å²) >= 11 is 5.31. The van der Waals surface area contributed by atoms with Crippen LogP contribution >= 0.6 is 12.2 Å². The first kappa shape index (κ1) is 14.9. The maximum absolute atomic E-state index is 5.31. The quantitative estimate of drug-likeness (QED) is 0.510. The number of aromatic nitrogens is 1. The van der Waals surface area contributed by atoms with Crippen molar-refractivity contribution >= 4 is 23.0 Å². The molecule has 2 atom stereocenters. The highest BCUT2D eigenvalue weighted by molar-refractivity contribution is 7.80. The number of hydrogen-bond donors (Lipinski definition) is 2. The van der Waals surface area contributed by atoms with E-state index in [4.69, 9.17) is 12.2 Å². The number of thiocarbonyl (C=S) groups is 1. The summed E-state index contributed by atoms with van der Waals surface area (Å²) in [6.45, 7) is 4.20. The zero-order valence-electron chi connectivity index (χ0n) is 12.1. The third-order valence-corrected chi connectivity index (χ3v) is 4.00. The van der Waals surface area contributed by atoms with Crippen molar-refractivity contribution in [3.8, 4) is 0 Å². The summed E-state index contributed by atoms with van der Waals surface area (Å²) in [6.07, 6.45) is 6.83. The fraction of sp³-hybridized carbons (Fsp3) is 0.533. The maximum Gasteiger partial charge on any atom is 0.187 e. The molecule has 0 aromatic carbocycles. The lowest BCUT2D eigenvalue weighted by molar-refractivity contribution is 0.308. The molecule has 2 rings (SSSR count). The normalized spacial score (nSPS) is 23.2. The van der Waals surface area contributed by atoms with Crippen LogP contribution in [0.1, 0.15) is 45.2 Å². The van der Waals surface area contributed by atoms with Gasteiger partial charge in [-0.3, -0.25) is 10.4 Å². The first-order valence-corrected chi connectivity index (χ1v) is 7.60. The summed E-state index contributed by atoms with van der Waals surface area (Å²) < 4.78 is 0. The summed E-state index contributed by atoms with van der Waals surface area (Å²) in [4.78, 5) is 4.25. The van der Waals surface area contributed by atoms with Crippen LogP contribution in [0.25, 0.3) is 0 Å². The van der Waals surface area contributed by atoms with Crippen LogP contribution in [0, 0.1) is 5.92 Å². The molecule has 1 heterocycles. The highest BCUT2D eigenvalue weighted by Gasteiger charge is 2.21. The Morgan fingerprint density at radius 2 is 2.15 bits per heavy atom. The van der Waals surface area contributed by atoms with Crippen LogP contribution in [0.15, 0.2) is 29.5 Å². The molecule has 1 aliphatic rings. The second-order valence-corrected chi connectivity index (χ2v) is 5.77. The van der Waals surface area contributed by atoms with Crippen molar-refractivity contribution in [2.45, 2.75) is 45.6 Å². The Kier molecular flexibility index (Phi) is 5.47. The van der Waals surface area contributed by atoms with Gasteiger partial charge >= 0.3 is 0 Å². The van der Waals surface area contributed by atoms with E-state index in [9.17, 15) is 0 Å². The lowest BCUT2D eigenvalue weighted by Crippen LogP contribution is -2.44. The number of nitrogens with one attached hydrogen (secondary N) is 2. The van der Waals surface area contributed by atoms with Crippen molar-refractivity contribution in [1.82, 2.24) is 15.7 Å². The van der Waals surface area contributed by atoms with Crippen LogP contribution in [-0.4, -0.2) is 21.8 Å². The molecule has 0 aliphatic heterocycles. The van der Waals surface area contributed by atoms with Gasteiger partial charge in [-0.05, 0) is 50.0 Å².